The molecular weight excluding hydrogens is 302 g/mol. The lowest BCUT2D eigenvalue weighted by Crippen LogP contribution is -2.21. The number of thioether (sulfide) groups is 1. The van der Waals surface area contributed by atoms with Crippen molar-refractivity contribution in [3.05, 3.63) is 23.7 Å². The fraction of sp³-hybridized carbons (Fsp3) is 0.625. The maximum absolute atomic E-state index is 5.98. The Balaban J connectivity index is 2.00. The maximum Gasteiger partial charge on any atom is 0.160 e. The van der Waals surface area contributed by atoms with Crippen LogP contribution in [0.2, 0.25) is 0 Å². The first-order chi connectivity index (χ1) is 10.2. The highest BCUT2D eigenvalue weighted by Crippen LogP contribution is 2.36. The minimum Gasteiger partial charge on any atom is -0.310 e. The number of nitrogens with zero attached hydrogens (tertiary/aromatic N) is 3. The lowest BCUT2D eigenvalue weighted by Gasteiger charge is -2.29. The summed E-state index contributed by atoms with van der Waals surface area (Å²) in [7, 11) is 0. The molecule has 0 N–H and O–H groups in total. The predicted molar refractivity (Wildman–Crippen MR) is 91.5 cm³/mol. The van der Waals surface area contributed by atoms with Crippen molar-refractivity contribution in [3.8, 4) is 0 Å². The smallest absolute Gasteiger partial charge is 0.160 e. The summed E-state index contributed by atoms with van der Waals surface area (Å²) in [5.74, 6) is 1.72. The largest absolute Gasteiger partial charge is 0.310 e. The Morgan fingerprint density at radius 2 is 2.10 bits per heavy atom. The van der Waals surface area contributed by atoms with Gasteiger partial charge >= 0.3 is 0 Å². The zero-order valence-corrected chi connectivity index (χ0v) is 14.3. The van der Waals surface area contributed by atoms with Gasteiger partial charge in [0.1, 0.15) is 11.3 Å². The van der Waals surface area contributed by atoms with Gasteiger partial charge in [0.25, 0.3) is 0 Å². The van der Waals surface area contributed by atoms with Gasteiger partial charge in [0.05, 0.1) is 0 Å². The Morgan fingerprint density at radius 3 is 2.76 bits per heavy atom. The molecule has 0 radical (unpaired) electrons. The number of aromatic nitrogens is 3. The molecule has 21 heavy (non-hydrogen) atoms. The lowest BCUT2D eigenvalue weighted by molar-refractivity contribution is 0.358. The van der Waals surface area contributed by atoms with Crippen LogP contribution in [-0.4, -0.2) is 31.9 Å². The van der Waals surface area contributed by atoms with Crippen LogP contribution in [0.4, 0.5) is 0 Å². The zero-order chi connectivity index (χ0) is 14.8. The molecule has 0 amide bonds. The molecule has 3 nitrogen and oxygen atoms in total. The Morgan fingerprint density at radius 1 is 1.33 bits per heavy atom. The SMILES string of the molecule is CSC1CCC(n2c(CCCl)nc3c(C)ccnc32)CC1. The minimum atomic E-state index is 0.533. The summed E-state index contributed by atoms with van der Waals surface area (Å²) in [4.78, 5) is 9.44. The van der Waals surface area contributed by atoms with Crippen molar-refractivity contribution >= 4 is 34.5 Å². The summed E-state index contributed by atoms with van der Waals surface area (Å²) in [5.41, 5.74) is 3.29. The molecule has 3 rings (SSSR count). The fourth-order valence-electron chi connectivity index (χ4n) is 3.34. The van der Waals surface area contributed by atoms with E-state index < -0.39 is 0 Å². The monoisotopic (exact) mass is 323 g/mol. The highest BCUT2D eigenvalue weighted by atomic mass is 35.5. The molecule has 0 aromatic carbocycles. The van der Waals surface area contributed by atoms with Gasteiger partial charge in [-0.3, -0.25) is 0 Å². The summed E-state index contributed by atoms with van der Waals surface area (Å²) in [5, 5.41) is 0.821. The summed E-state index contributed by atoms with van der Waals surface area (Å²) in [6.45, 7) is 2.11. The van der Waals surface area contributed by atoms with Crippen LogP contribution in [-0.2, 0) is 6.42 Å². The van der Waals surface area contributed by atoms with Crippen LogP contribution in [0, 0.1) is 6.92 Å². The third kappa shape index (κ3) is 2.93. The summed E-state index contributed by atoms with van der Waals surface area (Å²) >= 11 is 7.99. The maximum atomic E-state index is 5.98. The van der Waals surface area contributed by atoms with Crippen molar-refractivity contribution in [1.29, 1.82) is 0 Å². The number of rotatable bonds is 4. The van der Waals surface area contributed by atoms with Crippen LogP contribution in [0.3, 0.4) is 0 Å². The van der Waals surface area contributed by atoms with E-state index in [9.17, 15) is 0 Å². The van der Waals surface area contributed by atoms with E-state index in [-0.39, 0.29) is 0 Å². The van der Waals surface area contributed by atoms with Crippen LogP contribution in [0.1, 0.15) is 43.1 Å². The van der Waals surface area contributed by atoms with Gasteiger partial charge in [-0.25, -0.2) is 9.97 Å². The average Bonchev–Trinajstić information content (AvgIpc) is 2.87. The van der Waals surface area contributed by atoms with Crippen LogP contribution in [0.25, 0.3) is 11.2 Å². The zero-order valence-electron chi connectivity index (χ0n) is 12.7. The van der Waals surface area contributed by atoms with E-state index in [0.29, 0.717) is 11.9 Å². The second-order valence-electron chi connectivity index (χ2n) is 5.80. The second kappa shape index (κ2) is 6.57. The molecule has 0 saturated heterocycles. The van der Waals surface area contributed by atoms with Gasteiger partial charge in [0.2, 0.25) is 0 Å². The van der Waals surface area contributed by atoms with Gasteiger partial charge in [-0.2, -0.15) is 11.8 Å². The number of halogens is 1. The molecule has 5 heteroatoms. The van der Waals surface area contributed by atoms with Gasteiger partial charge < -0.3 is 4.57 Å². The molecule has 1 aliphatic rings. The number of hydrogen-bond acceptors (Lipinski definition) is 3. The molecule has 1 saturated carbocycles. The van der Waals surface area contributed by atoms with Crippen LogP contribution < -0.4 is 0 Å². The van der Waals surface area contributed by atoms with Crippen molar-refractivity contribution in [2.45, 2.75) is 50.3 Å². The van der Waals surface area contributed by atoms with Crippen molar-refractivity contribution in [2.24, 2.45) is 0 Å². The highest BCUT2D eigenvalue weighted by molar-refractivity contribution is 7.99. The van der Waals surface area contributed by atoms with Crippen molar-refractivity contribution in [2.75, 3.05) is 12.1 Å². The molecule has 114 valence electrons. The summed E-state index contributed by atoms with van der Waals surface area (Å²) in [6.07, 6.45) is 9.97. The fourth-order valence-corrected chi connectivity index (χ4v) is 4.25. The lowest BCUT2D eigenvalue weighted by atomic mass is 9.94. The third-order valence-corrected chi connectivity index (χ3v) is 5.84. The molecular formula is C16H22ClN3S. The number of imidazole rings is 1. The first kappa shape index (κ1) is 15.2. The van der Waals surface area contributed by atoms with Crippen molar-refractivity contribution < 1.29 is 0 Å². The molecule has 0 spiro atoms. The number of hydrogen-bond donors (Lipinski definition) is 0. The van der Waals surface area contributed by atoms with E-state index in [1.165, 1.54) is 31.2 Å². The van der Waals surface area contributed by atoms with E-state index in [4.69, 9.17) is 16.6 Å². The van der Waals surface area contributed by atoms with Gasteiger partial charge in [0.15, 0.2) is 5.65 Å². The number of pyridine rings is 1. The standard InChI is InChI=1S/C16H22ClN3S/c1-11-8-10-18-16-15(11)19-14(7-9-17)20(16)12-3-5-13(21-2)6-4-12/h8,10,12-13H,3-7,9H2,1-2H3. The summed E-state index contributed by atoms with van der Waals surface area (Å²) in [6, 6.07) is 2.57. The van der Waals surface area contributed by atoms with Gasteiger partial charge in [-0.1, -0.05) is 0 Å². The molecule has 0 unspecified atom stereocenters. The Kier molecular flexibility index (Phi) is 4.75. The van der Waals surface area contributed by atoms with Gasteiger partial charge in [-0.15, -0.1) is 11.6 Å². The third-order valence-electron chi connectivity index (χ3n) is 4.51. The van der Waals surface area contributed by atoms with Crippen molar-refractivity contribution in [1.82, 2.24) is 14.5 Å². The average molecular weight is 324 g/mol. The molecule has 0 bridgehead atoms. The van der Waals surface area contributed by atoms with E-state index in [1.54, 1.807) is 0 Å². The Labute approximate surface area is 135 Å². The molecule has 1 aliphatic carbocycles. The van der Waals surface area contributed by atoms with Gasteiger partial charge in [0, 0.05) is 29.8 Å². The Hall–Kier alpha value is -0.740. The predicted octanol–water partition coefficient (Wildman–Crippen LogP) is 4.37. The minimum absolute atomic E-state index is 0.533. The first-order valence-electron chi connectivity index (χ1n) is 7.65. The topological polar surface area (TPSA) is 30.7 Å². The van der Waals surface area contributed by atoms with Gasteiger partial charge in [-0.05, 0) is 50.5 Å². The first-order valence-corrected chi connectivity index (χ1v) is 9.48. The number of aryl methyl sites for hydroxylation is 2. The normalized spacial score (nSPS) is 22.8. The molecule has 0 atom stereocenters. The number of fused-ring (bicyclic) bond motifs is 1. The molecule has 2 aromatic rings. The van der Waals surface area contributed by atoms with Crippen LogP contribution >= 0.6 is 23.4 Å². The Bertz CT molecular complexity index is 617. The van der Waals surface area contributed by atoms with E-state index in [0.717, 1.165) is 28.7 Å². The van der Waals surface area contributed by atoms with E-state index >= 15 is 0 Å². The quantitative estimate of drug-likeness (QED) is 0.783. The number of alkyl halides is 1. The second-order valence-corrected chi connectivity index (χ2v) is 7.32. The van der Waals surface area contributed by atoms with Crippen molar-refractivity contribution in [3.63, 3.8) is 0 Å². The molecule has 2 aromatic heterocycles. The van der Waals surface area contributed by atoms with E-state index in [1.807, 2.05) is 24.0 Å². The molecule has 1 fully saturated rings. The van der Waals surface area contributed by atoms with Crippen LogP contribution in [0.5, 0.6) is 0 Å². The molecule has 2 heterocycles. The van der Waals surface area contributed by atoms with E-state index in [2.05, 4.69) is 22.7 Å². The highest BCUT2D eigenvalue weighted by Gasteiger charge is 2.26. The summed E-state index contributed by atoms with van der Waals surface area (Å²) < 4.78 is 2.38. The van der Waals surface area contributed by atoms with Crippen LogP contribution in [0.15, 0.2) is 12.3 Å². The molecule has 0 aliphatic heterocycles.